The van der Waals surface area contributed by atoms with Crippen molar-refractivity contribution in [3.8, 4) is 17.3 Å². The van der Waals surface area contributed by atoms with E-state index >= 15 is 0 Å². The molecule has 1 saturated heterocycles. The van der Waals surface area contributed by atoms with Crippen LogP contribution in [0.3, 0.4) is 0 Å². The molecule has 0 N–H and O–H groups in total. The summed E-state index contributed by atoms with van der Waals surface area (Å²) in [5.74, 6) is 0. The summed E-state index contributed by atoms with van der Waals surface area (Å²) < 4.78 is 5.85. The van der Waals surface area contributed by atoms with Crippen LogP contribution in [0.2, 0.25) is 0 Å². The highest BCUT2D eigenvalue weighted by atomic mass is 32.1. The lowest BCUT2D eigenvalue weighted by Crippen LogP contribution is -2.38. The highest BCUT2D eigenvalue weighted by molar-refractivity contribution is 7.10. The Bertz CT molecular complexity index is 620. The van der Waals surface area contributed by atoms with E-state index in [1.54, 1.807) is 11.3 Å². The number of ether oxygens (including phenoxy) is 1. The molecule has 108 valence electrons. The number of thiazole rings is 1. The fourth-order valence-electron chi connectivity index (χ4n) is 2.44. The Balaban J connectivity index is 1.70. The summed E-state index contributed by atoms with van der Waals surface area (Å²) in [5, 5.41) is 11.8. The Labute approximate surface area is 128 Å². The zero-order valence-corrected chi connectivity index (χ0v) is 12.6. The minimum absolute atomic E-state index is 0.0277. The summed E-state index contributed by atoms with van der Waals surface area (Å²) in [4.78, 5) is 7.00. The van der Waals surface area contributed by atoms with Crippen LogP contribution in [-0.4, -0.2) is 36.1 Å². The molecular formula is C16H17N3OS. The molecule has 21 heavy (non-hydrogen) atoms. The van der Waals surface area contributed by atoms with Crippen molar-refractivity contribution in [2.75, 3.05) is 26.2 Å². The van der Waals surface area contributed by atoms with Gasteiger partial charge in [-0.05, 0) is 0 Å². The summed E-state index contributed by atoms with van der Waals surface area (Å²) in [6.45, 7) is 3.24. The topological polar surface area (TPSA) is 49.2 Å². The van der Waals surface area contributed by atoms with Crippen molar-refractivity contribution < 1.29 is 4.74 Å². The van der Waals surface area contributed by atoms with Gasteiger partial charge in [0.05, 0.1) is 18.4 Å². The zero-order chi connectivity index (χ0) is 14.5. The van der Waals surface area contributed by atoms with E-state index in [-0.39, 0.29) is 6.10 Å². The van der Waals surface area contributed by atoms with Gasteiger partial charge in [0.1, 0.15) is 11.1 Å². The molecule has 2 aromatic rings. The van der Waals surface area contributed by atoms with Crippen LogP contribution in [-0.2, 0) is 4.74 Å². The standard InChI is InChI=1S/C16H17N3OS/c17-7-4-8-19-9-10-20-15(11-19)16-18-14(12-21-16)13-5-2-1-3-6-13/h1-3,5-6,12,15H,4,8-11H2/t15-/m1/s1. The van der Waals surface area contributed by atoms with E-state index in [2.05, 4.69) is 28.5 Å². The number of hydrogen-bond donors (Lipinski definition) is 0. The number of aromatic nitrogens is 1. The van der Waals surface area contributed by atoms with Crippen molar-refractivity contribution >= 4 is 11.3 Å². The average molecular weight is 299 g/mol. The monoisotopic (exact) mass is 299 g/mol. The van der Waals surface area contributed by atoms with Gasteiger partial charge in [-0.25, -0.2) is 4.98 Å². The largest absolute Gasteiger partial charge is 0.368 e. The molecule has 0 radical (unpaired) electrons. The van der Waals surface area contributed by atoms with Gasteiger partial charge in [0, 0.05) is 37.0 Å². The van der Waals surface area contributed by atoms with Crippen LogP contribution < -0.4 is 0 Å². The van der Waals surface area contributed by atoms with Crippen molar-refractivity contribution in [2.24, 2.45) is 0 Å². The van der Waals surface area contributed by atoms with Crippen LogP contribution in [0.25, 0.3) is 11.3 Å². The third-order valence-corrected chi connectivity index (χ3v) is 4.49. The summed E-state index contributed by atoms with van der Waals surface area (Å²) in [6.07, 6.45) is 0.597. The van der Waals surface area contributed by atoms with Crippen molar-refractivity contribution in [3.63, 3.8) is 0 Å². The first kappa shape index (κ1) is 14.2. The minimum Gasteiger partial charge on any atom is -0.368 e. The molecule has 1 aliphatic rings. The Kier molecular flexibility index (Phi) is 4.61. The number of hydrogen-bond acceptors (Lipinski definition) is 5. The van der Waals surface area contributed by atoms with Gasteiger partial charge >= 0.3 is 0 Å². The van der Waals surface area contributed by atoms with Gasteiger partial charge in [0.25, 0.3) is 0 Å². The first-order valence-electron chi connectivity index (χ1n) is 7.08. The molecule has 0 aliphatic carbocycles. The van der Waals surface area contributed by atoms with Gasteiger partial charge in [-0.3, -0.25) is 4.90 Å². The average Bonchev–Trinajstić information content (AvgIpc) is 3.04. The molecule has 0 bridgehead atoms. The van der Waals surface area contributed by atoms with Gasteiger partial charge in [-0.1, -0.05) is 30.3 Å². The Morgan fingerprint density at radius 1 is 1.38 bits per heavy atom. The van der Waals surface area contributed by atoms with Gasteiger partial charge in [0.2, 0.25) is 0 Å². The molecule has 0 saturated carbocycles. The zero-order valence-electron chi connectivity index (χ0n) is 11.7. The van der Waals surface area contributed by atoms with Crippen LogP contribution in [0, 0.1) is 11.3 Å². The van der Waals surface area contributed by atoms with E-state index in [1.165, 1.54) is 0 Å². The minimum atomic E-state index is 0.0277. The molecule has 1 aromatic heterocycles. The molecule has 0 amide bonds. The highest BCUT2D eigenvalue weighted by Crippen LogP contribution is 2.29. The Morgan fingerprint density at radius 2 is 2.24 bits per heavy atom. The molecule has 3 rings (SSSR count). The summed E-state index contributed by atoms with van der Waals surface area (Å²) in [7, 11) is 0. The van der Waals surface area contributed by atoms with Crippen molar-refractivity contribution in [1.29, 1.82) is 5.26 Å². The number of rotatable bonds is 4. The van der Waals surface area contributed by atoms with Crippen LogP contribution in [0.4, 0.5) is 0 Å². The molecule has 1 fully saturated rings. The van der Waals surface area contributed by atoms with Crippen molar-refractivity contribution in [3.05, 3.63) is 40.7 Å². The van der Waals surface area contributed by atoms with Crippen molar-refractivity contribution in [1.82, 2.24) is 9.88 Å². The predicted molar refractivity (Wildman–Crippen MR) is 82.9 cm³/mol. The van der Waals surface area contributed by atoms with E-state index in [9.17, 15) is 0 Å². The lowest BCUT2D eigenvalue weighted by molar-refractivity contribution is -0.0292. The van der Waals surface area contributed by atoms with E-state index < -0.39 is 0 Å². The smallest absolute Gasteiger partial charge is 0.124 e. The maximum absolute atomic E-state index is 8.69. The lowest BCUT2D eigenvalue weighted by Gasteiger charge is -2.31. The molecule has 1 atom stereocenters. The molecule has 4 nitrogen and oxygen atoms in total. The SMILES string of the molecule is N#CCCN1CCO[C@@H](c2nc(-c3ccccc3)cs2)C1. The van der Waals surface area contributed by atoms with Gasteiger partial charge < -0.3 is 4.74 Å². The van der Waals surface area contributed by atoms with Gasteiger partial charge in [0.15, 0.2) is 0 Å². The first-order valence-corrected chi connectivity index (χ1v) is 7.96. The maximum atomic E-state index is 8.69. The Hall–Kier alpha value is -1.74. The molecule has 2 heterocycles. The lowest BCUT2D eigenvalue weighted by atomic mass is 10.2. The fraction of sp³-hybridized carbons (Fsp3) is 0.375. The molecule has 1 aromatic carbocycles. The normalized spacial score (nSPS) is 19.3. The second-order valence-corrected chi connectivity index (χ2v) is 5.89. The van der Waals surface area contributed by atoms with Crippen LogP contribution in [0.15, 0.2) is 35.7 Å². The number of benzene rings is 1. The van der Waals surface area contributed by atoms with Crippen LogP contribution in [0.5, 0.6) is 0 Å². The molecular weight excluding hydrogens is 282 g/mol. The maximum Gasteiger partial charge on any atom is 0.124 e. The van der Waals surface area contributed by atoms with E-state index in [4.69, 9.17) is 15.0 Å². The molecule has 1 aliphatic heterocycles. The summed E-state index contributed by atoms with van der Waals surface area (Å²) >= 11 is 1.65. The summed E-state index contributed by atoms with van der Waals surface area (Å²) in [6, 6.07) is 12.4. The van der Waals surface area contributed by atoms with Crippen molar-refractivity contribution in [2.45, 2.75) is 12.5 Å². The summed E-state index contributed by atoms with van der Waals surface area (Å²) in [5.41, 5.74) is 2.14. The van der Waals surface area contributed by atoms with Crippen LogP contribution in [0.1, 0.15) is 17.5 Å². The highest BCUT2D eigenvalue weighted by Gasteiger charge is 2.24. The van der Waals surface area contributed by atoms with Crippen LogP contribution >= 0.6 is 11.3 Å². The molecule has 0 unspecified atom stereocenters. The molecule has 0 spiro atoms. The molecule has 5 heteroatoms. The van der Waals surface area contributed by atoms with E-state index in [0.717, 1.165) is 35.9 Å². The van der Waals surface area contributed by atoms with Gasteiger partial charge in [-0.2, -0.15) is 5.26 Å². The second kappa shape index (κ2) is 6.81. The number of nitriles is 1. The van der Waals surface area contributed by atoms with Gasteiger partial charge in [-0.15, -0.1) is 11.3 Å². The van der Waals surface area contributed by atoms with E-state index in [0.29, 0.717) is 13.0 Å². The fourth-order valence-corrected chi connectivity index (χ4v) is 3.31. The number of nitrogens with zero attached hydrogens (tertiary/aromatic N) is 3. The first-order chi connectivity index (χ1) is 10.4. The third-order valence-electron chi connectivity index (χ3n) is 3.56. The third kappa shape index (κ3) is 3.48. The Morgan fingerprint density at radius 3 is 3.05 bits per heavy atom. The number of morpholine rings is 1. The van der Waals surface area contributed by atoms with E-state index in [1.807, 2.05) is 18.2 Å². The quantitative estimate of drug-likeness (QED) is 0.870. The predicted octanol–water partition coefficient (Wildman–Crippen LogP) is 3.10. The second-order valence-electron chi connectivity index (χ2n) is 5.01.